The third-order valence-electron chi connectivity index (χ3n) is 1.05. The average molecular weight is 301 g/mol. The molecule has 0 aromatic rings. The van der Waals surface area contributed by atoms with Crippen LogP contribution in [0.5, 0.6) is 0 Å². The van der Waals surface area contributed by atoms with Crippen LogP contribution in [-0.2, 0) is 25.9 Å². The van der Waals surface area contributed by atoms with E-state index in [-0.39, 0.29) is 75.1 Å². The zero-order valence-corrected chi connectivity index (χ0v) is 12.6. The van der Waals surface area contributed by atoms with E-state index >= 15 is 0 Å². The fraction of sp³-hybridized carbons (Fsp3) is 1.00. The van der Waals surface area contributed by atoms with Crippen LogP contribution in [0.15, 0.2) is 0 Å². The minimum atomic E-state index is -5.76. The molecule has 1 radical (unpaired) electrons. The molecule has 0 aliphatic carbocycles. The number of hydrogen-bond donors (Lipinski definition) is 2. The largest absolute Gasteiger partial charge is 2.00 e. The maximum absolute atomic E-state index is 10.1. The van der Waals surface area contributed by atoms with E-state index in [0.717, 1.165) is 0 Å². The molecule has 0 saturated carbocycles. The van der Waals surface area contributed by atoms with Crippen molar-refractivity contribution >= 4 is 15.2 Å². The SMILES string of the molecule is CC(O)(P(=O)([O-])[O-])P(=O)([O-])O.[Co+2].[K+]. The van der Waals surface area contributed by atoms with Gasteiger partial charge in [-0.25, -0.2) is 0 Å². The Morgan fingerprint density at radius 1 is 1.23 bits per heavy atom. The Bertz CT molecular complexity index is 217. The monoisotopic (exact) mass is 301 g/mol. The van der Waals surface area contributed by atoms with Crippen LogP contribution in [0.4, 0.5) is 0 Å². The van der Waals surface area contributed by atoms with Gasteiger partial charge < -0.3 is 33.8 Å². The molecule has 0 rings (SSSR count). The van der Waals surface area contributed by atoms with Gasteiger partial charge in [0.25, 0.3) is 0 Å². The van der Waals surface area contributed by atoms with Crippen molar-refractivity contribution in [3.63, 3.8) is 0 Å². The van der Waals surface area contributed by atoms with Crippen molar-refractivity contribution in [3.05, 3.63) is 0 Å². The molecule has 0 bridgehead atoms. The van der Waals surface area contributed by atoms with Gasteiger partial charge in [-0.2, -0.15) is 0 Å². The Hall–Kier alpha value is 2.40. The fourth-order valence-corrected chi connectivity index (χ4v) is 1.39. The van der Waals surface area contributed by atoms with Crippen LogP contribution in [0, 0.1) is 0 Å². The van der Waals surface area contributed by atoms with Gasteiger partial charge in [0.15, 0.2) is 12.7 Å². The standard InChI is InChI=1S/C2H8O7P2.Co.K/c1-2(3,10(4,5)6)11(7,8)9;;/h3H,1H3,(H2,4,5,6)(H2,7,8,9);;/q;+2;+1/p-3. The smallest absolute Gasteiger partial charge is 0.808 e. The molecular formula is C2H5CoKO7P2. The quantitative estimate of drug-likeness (QED) is 0.382. The average Bonchev–Trinajstić information content (AvgIpc) is 1.58. The van der Waals surface area contributed by atoms with Gasteiger partial charge in [0.05, 0.1) is 0 Å². The van der Waals surface area contributed by atoms with E-state index in [1.54, 1.807) is 0 Å². The van der Waals surface area contributed by atoms with Crippen LogP contribution in [0.1, 0.15) is 6.92 Å². The molecule has 0 heterocycles. The van der Waals surface area contributed by atoms with Crippen molar-refractivity contribution in [2.24, 2.45) is 0 Å². The second-order valence-corrected chi connectivity index (χ2v) is 6.12. The molecule has 11 heteroatoms. The summed E-state index contributed by atoms with van der Waals surface area (Å²) < 4.78 is 20.1. The third-order valence-corrected chi connectivity index (χ3v) is 4.66. The summed E-state index contributed by atoms with van der Waals surface area (Å²) in [4.78, 5) is 38.1. The number of hydrogen-bond acceptors (Lipinski definition) is 6. The summed E-state index contributed by atoms with van der Waals surface area (Å²) >= 11 is 0. The number of rotatable bonds is 2. The van der Waals surface area contributed by atoms with Crippen molar-refractivity contribution in [1.82, 2.24) is 0 Å². The second kappa shape index (κ2) is 6.22. The predicted molar refractivity (Wildman–Crippen MR) is 28.1 cm³/mol. The first-order valence-electron chi connectivity index (χ1n) is 2.28. The molecule has 0 spiro atoms. The van der Waals surface area contributed by atoms with Crippen LogP contribution in [0.2, 0.25) is 0 Å². The Labute approximate surface area is 127 Å². The summed E-state index contributed by atoms with van der Waals surface area (Å²) in [6.45, 7) is 0.196. The van der Waals surface area contributed by atoms with E-state index in [9.17, 15) is 23.8 Å². The van der Waals surface area contributed by atoms with E-state index in [4.69, 9.17) is 10.00 Å². The van der Waals surface area contributed by atoms with Gasteiger partial charge >= 0.3 is 68.2 Å². The van der Waals surface area contributed by atoms with Gasteiger partial charge in [-0.05, 0) is 14.5 Å². The van der Waals surface area contributed by atoms with E-state index in [1.807, 2.05) is 0 Å². The molecule has 13 heavy (non-hydrogen) atoms. The maximum atomic E-state index is 10.1. The Kier molecular flexibility index (Phi) is 9.93. The molecule has 0 aliphatic rings. The summed E-state index contributed by atoms with van der Waals surface area (Å²) in [5, 5.41) is 4.85. The molecule has 0 aliphatic heterocycles. The van der Waals surface area contributed by atoms with E-state index < -0.39 is 20.3 Å². The van der Waals surface area contributed by atoms with Gasteiger partial charge in [-0.1, -0.05) is 0 Å². The summed E-state index contributed by atoms with van der Waals surface area (Å²) in [6.07, 6.45) is 0. The summed E-state index contributed by atoms with van der Waals surface area (Å²) in [5.74, 6) is 0. The summed E-state index contributed by atoms with van der Waals surface area (Å²) in [5.41, 5.74) is 0. The topological polar surface area (TPSA) is 144 Å². The first kappa shape index (κ1) is 20.8. The van der Waals surface area contributed by atoms with Crippen LogP contribution < -0.4 is 66.1 Å². The van der Waals surface area contributed by atoms with Crippen molar-refractivity contribution < 1.29 is 102 Å². The second-order valence-electron chi connectivity index (χ2n) is 1.99. The molecule has 0 fully saturated rings. The molecule has 0 saturated heterocycles. The first-order chi connectivity index (χ1) is 4.50. The van der Waals surface area contributed by atoms with Gasteiger partial charge in [0.2, 0.25) is 0 Å². The Morgan fingerprint density at radius 3 is 1.46 bits per heavy atom. The third kappa shape index (κ3) is 5.32. The molecule has 0 aromatic carbocycles. The maximum Gasteiger partial charge on any atom is 2.00 e. The molecular weight excluding hydrogens is 296 g/mol. The van der Waals surface area contributed by atoms with Crippen LogP contribution in [0.25, 0.3) is 0 Å². The normalized spacial score (nSPS) is 20.2. The zero-order valence-electron chi connectivity index (χ0n) is 6.66. The molecule has 75 valence electrons. The number of aliphatic hydroxyl groups is 1. The van der Waals surface area contributed by atoms with Gasteiger partial charge in [-0.3, -0.25) is 0 Å². The van der Waals surface area contributed by atoms with Gasteiger partial charge in [-0.15, -0.1) is 0 Å². The Balaban J connectivity index is -0.000000500. The fourth-order valence-electron chi connectivity index (χ4n) is 0.155. The molecule has 0 aromatic heterocycles. The molecule has 2 unspecified atom stereocenters. The van der Waals surface area contributed by atoms with E-state index in [2.05, 4.69) is 0 Å². The summed E-state index contributed by atoms with van der Waals surface area (Å²) in [7, 11) is -11.3. The zero-order chi connectivity index (χ0) is 9.50. The van der Waals surface area contributed by atoms with E-state index in [0.29, 0.717) is 0 Å². The summed E-state index contributed by atoms with van der Waals surface area (Å²) in [6, 6.07) is 0. The van der Waals surface area contributed by atoms with Crippen LogP contribution >= 0.6 is 15.2 Å². The van der Waals surface area contributed by atoms with Crippen molar-refractivity contribution in [1.29, 1.82) is 0 Å². The molecule has 7 nitrogen and oxygen atoms in total. The van der Waals surface area contributed by atoms with E-state index in [1.165, 1.54) is 0 Å². The predicted octanol–water partition coefficient (Wildman–Crippen LogP) is -5.89. The van der Waals surface area contributed by atoms with Crippen LogP contribution in [0.3, 0.4) is 0 Å². The van der Waals surface area contributed by atoms with Gasteiger partial charge in [0.1, 0.15) is 0 Å². The van der Waals surface area contributed by atoms with Crippen molar-refractivity contribution in [3.8, 4) is 0 Å². The first-order valence-corrected chi connectivity index (χ1v) is 5.40. The molecule has 0 amide bonds. The van der Waals surface area contributed by atoms with Gasteiger partial charge in [0, 0.05) is 0 Å². The minimum absolute atomic E-state index is 0. The Morgan fingerprint density at radius 2 is 1.46 bits per heavy atom. The molecule has 2 atom stereocenters. The molecule has 2 N–H and O–H groups in total. The minimum Gasteiger partial charge on any atom is -0.808 e. The van der Waals surface area contributed by atoms with Crippen LogP contribution in [-0.4, -0.2) is 15.1 Å². The van der Waals surface area contributed by atoms with Crippen molar-refractivity contribution in [2.45, 2.75) is 12.0 Å². The van der Waals surface area contributed by atoms with Crippen molar-refractivity contribution in [2.75, 3.05) is 0 Å².